The van der Waals surface area contributed by atoms with Crippen LogP contribution in [0.4, 0.5) is 4.39 Å². The van der Waals surface area contributed by atoms with E-state index in [0.717, 1.165) is 12.1 Å². The van der Waals surface area contributed by atoms with E-state index in [4.69, 9.17) is 11.6 Å². The lowest BCUT2D eigenvalue weighted by molar-refractivity contribution is 0.476. The summed E-state index contributed by atoms with van der Waals surface area (Å²) in [5.41, 5.74) is 0.890. The average Bonchev–Trinajstić information content (AvgIpc) is 2.18. The summed E-state index contributed by atoms with van der Waals surface area (Å²) < 4.78 is 13.1. The van der Waals surface area contributed by atoms with Crippen molar-refractivity contribution in [1.82, 2.24) is 5.32 Å². The summed E-state index contributed by atoms with van der Waals surface area (Å²) in [6.45, 7) is 5.04. The minimum Gasteiger partial charge on any atom is -0.319 e. The van der Waals surface area contributed by atoms with Crippen LogP contribution in [0.2, 0.25) is 5.02 Å². The Balaban J connectivity index is 3.04. The molecule has 1 unspecified atom stereocenters. The first-order valence-corrected chi connectivity index (χ1v) is 5.53. The summed E-state index contributed by atoms with van der Waals surface area (Å²) in [7, 11) is 1.89. The molecule has 1 N–H and O–H groups in total. The van der Waals surface area contributed by atoms with Gasteiger partial charge < -0.3 is 5.32 Å². The third-order valence-corrected chi connectivity index (χ3v) is 2.93. The van der Waals surface area contributed by atoms with Crippen molar-refractivity contribution in [3.63, 3.8) is 0 Å². The van der Waals surface area contributed by atoms with Crippen molar-refractivity contribution in [2.45, 2.75) is 19.8 Å². The van der Waals surface area contributed by atoms with Crippen molar-refractivity contribution in [2.24, 2.45) is 5.92 Å². The van der Waals surface area contributed by atoms with Crippen LogP contribution in [0.3, 0.4) is 0 Å². The lowest BCUT2D eigenvalue weighted by Crippen LogP contribution is -2.21. The Labute approximate surface area is 95.6 Å². The van der Waals surface area contributed by atoms with E-state index in [2.05, 4.69) is 19.2 Å². The first-order valence-electron chi connectivity index (χ1n) is 5.15. The Kier molecular flexibility index (Phi) is 4.55. The molecule has 0 fully saturated rings. The van der Waals surface area contributed by atoms with Crippen LogP contribution in [-0.2, 0) is 0 Å². The standard InChI is InChI=1S/C12H17ClFN/c1-8(2)11(7-15-3)10-6-9(14)4-5-12(10)13/h4-6,8,11,15H,7H2,1-3H3. The Morgan fingerprint density at radius 1 is 1.40 bits per heavy atom. The highest BCUT2D eigenvalue weighted by atomic mass is 35.5. The van der Waals surface area contributed by atoms with Crippen LogP contribution >= 0.6 is 11.6 Å². The molecule has 0 aliphatic heterocycles. The molecule has 0 amide bonds. The highest BCUT2D eigenvalue weighted by Crippen LogP contribution is 2.30. The lowest BCUT2D eigenvalue weighted by Gasteiger charge is -2.22. The maximum atomic E-state index is 13.1. The monoisotopic (exact) mass is 229 g/mol. The number of benzene rings is 1. The fraction of sp³-hybridized carbons (Fsp3) is 0.500. The van der Waals surface area contributed by atoms with E-state index in [-0.39, 0.29) is 11.7 Å². The molecular weight excluding hydrogens is 213 g/mol. The van der Waals surface area contributed by atoms with E-state index in [0.29, 0.717) is 10.9 Å². The molecule has 0 heterocycles. The van der Waals surface area contributed by atoms with Gasteiger partial charge in [0.15, 0.2) is 0 Å². The summed E-state index contributed by atoms with van der Waals surface area (Å²) in [4.78, 5) is 0. The third-order valence-electron chi connectivity index (χ3n) is 2.59. The predicted octanol–water partition coefficient (Wildman–Crippen LogP) is 3.44. The van der Waals surface area contributed by atoms with Gasteiger partial charge in [0.05, 0.1) is 0 Å². The van der Waals surface area contributed by atoms with Crippen molar-refractivity contribution >= 4 is 11.6 Å². The fourth-order valence-electron chi connectivity index (χ4n) is 1.72. The van der Waals surface area contributed by atoms with Gasteiger partial charge in [0.1, 0.15) is 5.82 Å². The maximum absolute atomic E-state index is 13.1. The summed E-state index contributed by atoms with van der Waals surface area (Å²) in [6, 6.07) is 4.55. The minimum absolute atomic E-state index is 0.226. The van der Waals surface area contributed by atoms with Crippen molar-refractivity contribution in [3.05, 3.63) is 34.6 Å². The largest absolute Gasteiger partial charge is 0.319 e. The van der Waals surface area contributed by atoms with E-state index in [9.17, 15) is 4.39 Å². The second-order valence-electron chi connectivity index (χ2n) is 4.07. The van der Waals surface area contributed by atoms with Crippen LogP contribution in [0.15, 0.2) is 18.2 Å². The molecule has 0 radical (unpaired) electrons. The number of halogens is 2. The van der Waals surface area contributed by atoms with Gasteiger partial charge in [-0.05, 0) is 36.7 Å². The zero-order valence-corrected chi connectivity index (χ0v) is 10.1. The molecule has 1 rings (SSSR count). The molecule has 84 valence electrons. The van der Waals surface area contributed by atoms with E-state index in [1.54, 1.807) is 6.07 Å². The second-order valence-corrected chi connectivity index (χ2v) is 4.48. The van der Waals surface area contributed by atoms with Crippen LogP contribution < -0.4 is 5.32 Å². The van der Waals surface area contributed by atoms with Crippen LogP contribution in [-0.4, -0.2) is 13.6 Å². The van der Waals surface area contributed by atoms with Crippen molar-refractivity contribution < 1.29 is 4.39 Å². The number of nitrogens with one attached hydrogen (secondary N) is 1. The smallest absolute Gasteiger partial charge is 0.123 e. The van der Waals surface area contributed by atoms with Gasteiger partial charge in [0.25, 0.3) is 0 Å². The quantitative estimate of drug-likeness (QED) is 0.834. The number of hydrogen-bond donors (Lipinski definition) is 1. The molecule has 0 bridgehead atoms. The zero-order chi connectivity index (χ0) is 11.4. The molecule has 0 aromatic heterocycles. The van der Waals surface area contributed by atoms with E-state index in [1.165, 1.54) is 12.1 Å². The SMILES string of the molecule is CNCC(c1cc(F)ccc1Cl)C(C)C. The highest BCUT2D eigenvalue weighted by Gasteiger charge is 2.18. The van der Waals surface area contributed by atoms with Gasteiger partial charge in [0, 0.05) is 17.5 Å². The second kappa shape index (κ2) is 5.47. The molecule has 1 nitrogen and oxygen atoms in total. The van der Waals surface area contributed by atoms with Gasteiger partial charge in [-0.15, -0.1) is 0 Å². The first kappa shape index (κ1) is 12.5. The molecule has 15 heavy (non-hydrogen) atoms. The number of likely N-dealkylation sites (N-methyl/N-ethyl adjacent to an activating group) is 1. The molecule has 0 saturated carbocycles. The molecule has 0 spiro atoms. The Hall–Kier alpha value is -0.600. The van der Waals surface area contributed by atoms with Crippen molar-refractivity contribution in [3.8, 4) is 0 Å². The van der Waals surface area contributed by atoms with Crippen LogP contribution in [0, 0.1) is 11.7 Å². The normalized spacial score (nSPS) is 13.2. The van der Waals surface area contributed by atoms with Gasteiger partial charge >= 0.3 is 0 Å². The third kappa shape index (κ3) is 3.18. The molecule has 1 aromatic rings. The molecule has 0 aliphatic carbocycles. The maximum Gasteiger partial charge on any atom is 0.123 e. The average molecular weight is 230 g/mol. The fourth-order valence-corrected chi connectivity index (χ4v) is 1.98. The summed E-state index contributed by atoms with van der Waals surface area (Å²) in [5, 5.41) is 3.76. The van der Waals surface area contributed by atoms with E-state index < -0.39 is 0 Å². The van der Waals surface area contributed by atoms with Gasteiger partial charge in [-0.25, -0.2) is 4.39 Å². The topological polar surface area (TPSA) is 12.0 Å². The Morgan fingerprint density at radius 2 is 2.07 bits per heavy atom. The summed E-state index contributed by atoms with van der Waals surface area (Å²) in [5.74, 6) is 0.450. The Morgan fingerprint density at radius 3 is 2.60 bits per heavy atom. The summed E-state index contributed by atoms with van der Waals surface area (Å²) in [6.07, 6.45) is 0. The van der Waals surface area contributed by atoms with Crippen molar-refractivity contribution in [1.29, 1.82) is 0 Å². The molecule has 1 atom stereocenters. The van der Waals surface area contributed by atoms with Gasteiger partial charge in [-0.3, -0.25) is 0 Å². The van der Waals surface area contributed by atoms with Crippen molar-refractivity contribution in [2.75, 3.05) is 13.6 Å². The Bertz CT molecular complexity index is 325. The van der Waals surface area contributed by atoms with E-state index in [1.807, 2.05) is 7.05 Å². The predicted molar refractivity (Wildman–Crippen MR) is 62.9 cm³/mol. The molecule has 3 heteroatoms. The number of hydrogen-bond acceptors (Lipinski definition) is 1. The first-order chi connectivity index (χ1) is 7.06. The lowest BCUT2D eigenvalue weighted by atomic mass is 9.88. The number of rotatable bonds is 4. The zero-order valence-electron chi connectivity index (χ0n) is 9.35. The van der Waals surface area contributed by atoms with Crippen LogP contribution in [0.1, 0.15) is 25.3 Å². The van der Waals surface area contributed by atoms with E-state index >= 15 is 0 Å². The molecular formula is C12H17ClFN. The van der Waals surface area contributed by atoms with Gasteiger partial charge in [-0.2, -0.15) is 0 Å². The minimum atomic E-state index is -0.226. The highest BCUT2D eigenvalue weighted by molar-refractivity contribution is 6.31. The van der Waals surface area contributed by atoms with Gasteiger partial charge in [-0.1, -0.05) is 25.4 Å². The van der Waals surface area contributed by atoms with Gasteiger partial charge in [0.2, 0.25) is 0 Å². The summed E-state index contributed by atoms with van der Waals surface area (Å²) >= 11 is 6.08. The van der Waals surface area contributed by atoms with Crippen LogP contribution in [0.25, 0.3) is 0 Å². The molecule has 0 saturated heterocycles. The molecule has 0 aliphatic rings. The molecule has 1 aromatic carbocycles. The van der Waals surface area contributed by atoms with Crippen LogP contribution in [0.5, 0.6) is 0 Å².